The van der Waals surface area contributed by atoms with Crippen molar-refractivity contribution in [3.05, 3.63) is 11.6 Å². The molecular weight excluding hydrogens is 154 g/mol. The van der Waals surface area contributed by atoms with Gasteiger partial charge in [-0.3, -0.25) is 5.10 Å². The first-order valence-electron chi connectivity index (χ1n) is 4.12. The van der Waals surface area contributed by atoms with Gasteiger partial charge in [0.15, 0.2) is 5.82 Å². The molecule has 2 N–H and O–H groups in total. The van der Waals surface area contributed by atoms with E-state index in [9.17, 15) is 0 Å². The standard InChI is InChI=1S/C8H15N3O/c1-4-6-9-7(11-10-6)8(2,3)5-12/h12H,4-5H2,1-3H3,(H,9,10,11). The summed E-state index contributed by atoms with van der Waals surface area (Å²) >= 11 is 0. The van der Waals surface area contributed by atoms with Crippen molar-refractivity contribution in [2.75, 3.05) is 6.61 Å². The van der Waals surface area contributed by atoms with E-state index in [1.807, 2.05) is 20.8 Å². The van der Waals surface area contributed by atoms with Gasteiger partial charge in [-0.1, -0.05) is 20.8 Å². The monoisotopic (exact) mass is 169 g/mol. The summed E-state index contributed by atoms with van der Waals surface area (Å²) in [6.07, 6.45) is 0.842. The van der Waals surface area contributed by atoms with Crippen molar-refractivity contribution in [1.82, 2.24) is 15.2 Å². The van der Waals surface area contributed by atoms with Gasteiger partial charge in [0.05, 0.1) is 6.61 Å². The van der Waals surface area contributed by atoms with Gasteiger partial charge < -0.3 is 5.11 Å². The summed E-state index contributed by atoms with van der Waals surface area (Å²) in [7, 11) is 0. The first-order valence-corrected chi connectivity index (χ1v) is 4.12. The SMILES string of the molecule is CCc1nc(C(C)(C)CO)n[nH]1. The summed E-state index contributed by atoms with van der Waals surface area (Å²) in [5.41, 5.74) is -0.343. The second-order valence-corrected chi connectivity index (χ2v) is 3.50. The molecule has 0 radical (unpaired) electrons. The lowest BCUT2D eigenvalue weighted by Crippen LogP contribution is -2.23. The van der Waals surface area contributed by atoms with E-state index in [-0.39, 0.29) is 12.0 Å². The van der Waals surface area contributed by atoms with Gasteiger partial charge >= 0.3 is 0 Å². The third-order valence-corrected chi connectivity index (χ3v) is 1.87. The van der Waals surface area contributed by atoms with Gasteiger partial charge in [-0.25, -0.2) is 4.98 Å². The molecule has 0 spiro atoms. The molecule has 0 amide bonds. The van der Waals surface area contributed by atoms with E-state index in [2.05, 4.69) is 15.2 Å². The van der Waals surface area contributed by atoms with Crippen molar-refractivity contribution < 1.29 is 5.11 Å². The van der Waals surface area contributed by atoms with Crippen LogP contribution in [0.25, 0.3) is 0 Å². The maximum Gasteiger partial charge on any atom is 0.158 e. The second-order valence-electron chi connectivity index (χ2n) is 3.50. The number of aromatic nitrogens is 3. The lowest BCUT2D eigenvalue weighted by Gasteiger charge is -2.16. The molecule has 1 aromatic rings. The van der Waals surface area contributed by atoms with E-state index in [4.69, 9.17) is 5.11 Å². The zero-order valence-corrected chi connectivity index (χ0v) is 7.76. The summed E-state index contributed by atoms with van der Waals surface area (Å²) in [6.45, 7) is 5.90. The number of hydrogen-bond acceptors (Lipinski definition) is 3. The highest BCUT2D eigenvalue weighted by Crippen LogP contribution is 2.17. The van der Waals surface area contributed by atoms with Crippen LogP contribution in [0.2, 0.25) is 0 Å². The Morgan fingerprint density at radius 2 is 2.17 bits per heavy atom. The Labute approximate surface area is 72.0 Å². The summed E-state index contributed by atoms with van der Waals surface area (Å²) in [5, 5.41) is 15.9. The fraction of sp³-hybridized carbons (Fsp3) is 0.750. The normalized spacial score (nSPS) is 12.0. The Balaban J connectivity index is 2.88. The predicted molar refractivity (Wildman–Crippen MR) is 45.9 cm³/mol. The highest BCUT2D eigenvalue weighted by atomic mass is 16.3. The van der Waals surface area contributed by atoms with E-state index in [1.54, 1.807) is 0 Å². The summed E-state index contributed by atoms with van der Waals surface area (Å²) in [4.78, 5) is 4.24. The Hall–Kier alpha value is -0.900. The molecule has 4 nitrogen and oxygen atoms in total. The summed E-state index contributed by atoms with van der Waals surface area (Å²) in [5.74, 6) is 1.55. The minimum atomic E-state index is -0.343. The topological polar surface area (TPSA) is 61.8 Å². The van der Waals surface area contributed by atoms with Crippen LogP contribution < -0.4 is 0 Å². The molecule has 0 atom stereocenters. The van der Waals surface area contributed by atoms with E-state index in [0.717, 1.165) is 12.2 Å². The predicted octanol–water partition coefficient (Wildman–Crippen LogP) is 0.637. The molecule has 0 aliphatic rings. The Bertz CT molecular complexity index is 255. The number of aryl methyl sites for hydroxylation is 1. The van der Waals surface area contributed by atoms with Gasteiger partial charge in [0.2, 0.25) is 0 Å². The maximum atomic E-state index is 9.04. The van der Waals surface area contributed by atoms with Crippen molar-refractivity contribution in [3.8, 4) is 0 Å². The number of aliphatic hydroxyl groups excluding tert-OH is 1. The lowest BCUT2D eigenvalue weighted by atomic mass is 9.94. The van der Waals surface area contributed by atoms with Crippen molar-refractivity contribution in [2.24, 2.45) is 0 Å². The molecule has 1 rings (SSSR count). The molecule has 0 saturated heterocycles. The molecule has 0 aliphatic carbocycles. The van der Waals surface area contributed by atoms with Crippen LogP contribution in [-0.4, -0.2) is 26.9 Å². The number of hydrogen-bond donors (Lipinski definition) is 2. The summed E-state index contributed by atoms with van der Waals surface area (Å²) in [6, 6.07) is 0. The average molecular weight is 169 g/mol. The Morgan fingerprint density at radius 1 is 1.50 bits per heavy atom. The molecule has 4 heteroatoms. The van der Waals surface area contributed by atoms with Crippen molar-refractivity contribution in [3.63, 3.8) is 0 Å². The Kier molecular flexibility index (Phi) is 2.47. The minimum absolute atomic E-state index is 0.0635. The molecule has 0 unspecified atom stereocenters. The molecular formula is C8H15N3O. The molecule has 0 fully saturated rings. The zero-order valence-electron chi connectivity index (χ0n) is 7.76. The van der Waals surface area contributed by atoms with Crippen LogP contribution in [0.5, 0.6) is 0 Å². The van der Waals surface area contributed by atoms with Crippen LogP contribution >= 0.6 is 0 Å². The highest BCUT2D eigenvalue weighted by molar-refractivity contribution is 5.03. The van der Waals surface area contributed by atoms with Gasteiger partial charge in [0, 0.05) is 11.8 Å². The van der Waals surface area contributed by atoms with Crippen LogP contribution in [0.4, 0.5) is 0 Å². The fourth-order valence-corrected chi connectivity index (χ4v) is 0.827. The van der Waals surface area contributed by atoms with Crippen LogP contribution in [0, 0.1) is 0 Å². The smallest absolute Gasteiger partial charge is 0.158 e. The number of nitrogens with one attached hydrogen (secondary N) is 1. The van der Waals surface area contributed by atoms with E-state index >= 15 is 0 Å². The highest BCUT2D eigenvalue weighted by Gasteiger charge is 2.24. The van der Waals surface area contributed by atoms with Crippen LogP contribution in [0.15, 0.2) is 0 Å². The first-order chi connectivity index (χ1) is 5.60. The summed E-state index contributed by atoms with van der Waals surface area (Å²) < 4.78 is 0. The third-order valence-electron chi connectivity index (χ3n) is 1.87. The van der Waals surface area contributed by atoms with Gasteiger partial charge in [-0.05, 0) is 0 Å². The number of aliphatic hydroxyl groups is 1. The minimum Gasteiger partial charge on any atom is -0.395 e. The van der Waals surface area contributed by atoms with Crippen molar-refractivity contribution >= 4 is 0 Å². The van der Waals surface area contributed by atoms with Gasteiger partial charge in [-0.2, -0.15) is 5.10 Å². The molecule has 0 bridgehead atoms. The number of rotatable bonds is 3. The van der Waals surface area contributed by atoms with Gasteiger partial charge in [0.25, 0.3) is 0 Å². The fourth-order valence-electron chi connectivity index (χ4n) is 0.827. The molecule has 1 heterocycles. The molecule has 0 aliphatic heterocycles. The van der Waals surface area contributed by atoms with Crippen LogP contribution in [0.1, 0.15) is 32.4 Å². The molecule has 1 aromatic heterocycles. The zero-order chi connectivity index (χ0) is 9.19. The van der Waals surface area contributed by atoms with Crippen molar-refractivity contribution in [2.45, 2.75) is 32.6 Å². The van der Waals surface area contributed by atoms with Crippen LogP contribution in [0.3, 0.4) is 0 Å². The molecule has 0 aromatic carbocycles. The first kappa shape index (κ1) is 9.19. The maximum absolute atomic E-state index is 9.04. The molecule has 0 saturated carbocycles. The molecule has 12 heavy (non-hydrogen) atoms. The van der Waals surface area contributed by atoms with Crippen molar-refractivity contribution in [1.29, 1.82) is 0 Å². The van der Waals surface area contributed by atoms with E-state index in [0.29, 0.717) is 5.82 Å². The number of nitrogens with zero attached hydrogens (tertiary/aromatic N) is 2. The Morgan fingerprint density at radius 3 is 2.58 bits per heavy atom. The quantitative estimate of drug-likeness (QED) is 0.698. The number of H-pyrrole nitrogens is 1. The molecule has 68 valence electrons. The second kappa shape index (κ2) is 3.23. The number of aromatic amines is 1. The third kappa shape index (κ3) is 1.64. The average Bonchev–Trinajstić information content (AvgIpc) is 2.52. The van der Waals surface area contributed by atoms with E-state index < -0.39 is 0 Å². The van der Waals surface area contributed by atoms with Gasteiger partial charge in [-0.15, -0.1) is 0 Å². The van der Waals surface area contributed by atoms with Gasteiger partial charge in [0.1, 0.15) is 5.82 Å². The lowest BCUT2D eigenvalue weighted by molar-refractivity contribution is 0.212. The largest absolute Gasteiger partial charge is 0.395 e. The van der Waals surface area contributed by atoms with E-state index in [1.165, 1.54) is 0 Å². The van der Waals surface area contributed by atoms with Crippen LogP contribution in [-0.2, 0) is 11.8 Å².